The standard InChI is InChI=1S/C17H22N4.HI/c1-2-18-17(21-14-15-8-4-3-5-9-15)20-13-11-16-10-6-7-12-19-16;/h3-10,12H,2,11,13-14H2,1H3,(H2,18,20,21);1H. The molecule has 1 heterocycles. The maximum Gasteiger partial charge on any atom is 0.191 e. The van der Waals surface area contributed by atoms with Crippen molar-refractivity contribution in [3.63, 3.8) is 0 Å². The quantitative estimate of drug-likeness (QED) is 0.438. The van der Waals surface area contributed by atoms with Crippen LogP contribution in [-0.2, 0) is 13.0 Å². The summed E-state index contributed by atoms with van der Waals surface area (Å²) in [5.41, 5.74) is 2.29. The Labute approximate surface area is 149 Å². The minimum atomic E-state index is 0. The van der Waals surface area contributed by atoms with E-state index in [4.69, 9.17) is 0 Å². The van der Waals surface area contributed by atoms with Crippen LogP contribution in [0.2, 0.25) is 0 Å². The largest absolute Gasteiger partial charge is 0.357 e. The lowest BCUT2D eigenvalue weighted by Crippen LogP contribution is -2.38. The van der Waals surface area contributed by atoms with Crippen LogP contribution >= 0.6 is 24.0 Å². The summed E-state index contributed by atoms with van der Waals surface area (Å²) in [7, 11) is 0. The highest BCUT2D eigenvalue weighted by Gasteiger charge is 1.98. The minimum Gasteiger partial charge on any atom is -0.357 e. The highest BCUT2D eigenvalue weighted by Crippen LogP contribution is 2.00. The second-order valence-corrected chi connectivity index (χ2v) is 4.68. The molecule has 0 spiro atoms. The number of hydrogen-bond acceptors (Lipinski definition) is 2. The van der Waals surface area contributed by atoms with E-state index in [9.17, 15) is 0 Å². The van der Waals surface area contributed by atoms with E-state index in [-0.39, 0.29) is 24.0 Å². The summed E-state index contributed by atoms with van der Waals surface area (Å²) in [5, 5.41) is 6.60. The van der Waals surface area contributed by atoms with Gasteiger partial charge in [0.2, 0.25) is 0 Å². The molecule has 0 saturated heterocycles. The van der Waals surface area contributed by atoms with Gasteiger partial charge >= 0.3 is 0 Å². The lowest BCUT2D eigenvalue weighted by molar-refractivity contribution is 0.788. The fourth-order valence-corrected chi connectivity index (χ4v) is 1.95. The Morgan fingerprint density at radius 3 is 2.50 bits per heavy atom. The van der Waals surface area contributed by atoms with Crippen LogP contribution < -0.4 is 10.6 Å². The second-order valence-electron chi connectivity index (χ2n) is 4.68. The number of aliphatic imine (C=N–C) groups is 1. The SMILES string of the molecule is CCNC(=NCc1ccccc1)NCCc1ccccn1.I. The lowest BCUT2D eigenvalue weighted by Gasteiger charge is -2.11. The third-order valence-electron chi connectivity index (χ3n) is 3.01. The Balaban J connectivity index is 0.00000242. The smallest absolute Gasteiger partial charge is 0.191 e. The first-order chi connectivity index (χ1) is 10.4. The molecule has 2 N–H and O–H groups in total. The molecule has 0 aliphatic carbocycles. The number of benzene rings is 1. The van der Waals surface area contributed by atoms with Gasteiger partial charge in [-0.25, -0.2) is 4.99 Å². The predicted molar refractivity (Wildman–Crippen MR) is 103 cm³/mol. The van der Waals surface area contributed by atoms with Crippen molar-refractivity contribution < 1.29 is 0 Å². The summed E-state index contributed by atoms with van der Waals surface area (Å²) in [5.74, 6) is 0.845. The van der Waals surface area contributed by atoms with E-state index >= 15 is 0 Å². The van der Waals surface area contributed by atoms with Crippen molar-refractivity contribution in [2.24, 2.45) is 4.99 Å². The molecule has 0 fully saturated rings. The van der Waals surface area contributed by atoms with Crippen molar-refractivity contribution in [1.29, 1.82) is 0 Å². The van der Waals surface area contributed by atoms with Crippen LogP contribution in [0.5, 0.6) is 0 Å². The van der Waals surface area contributed by atoms with Crippen LogP contribution in [0.1, 0.15) is 18.2 Å². The van der Waals surface area contributed by atoms with E-state index < -0.39 is 0 Å². The number of hydrogen-bond donors (Lipinski definition) is 2. The molecule has 5 heteroatoms. The molecule has 22 heavy (non-hydrogen) atoms. The first-order valence-corrected chi connectivity index (χ1v) is 7.34. The normalized spacial score (nSPS) is 10.7. The number of pyridine rings is 1. The van der Waals surface area contributed by atoms with E-state index in [1.165, 1.54) is 5.56 Å². The Bertz CT molecular complexity index is 543. The summed E-state index contributed by atoms with van der Waals surface area (Å²) in [6.45, 7) is 4.42. The highest BCUT2D eigenvalue weighted by molar-refractivity contribution is 14.0. The number of aromatic nitrogens is 1. The summed E-state index contributed by atoms with van der Waals surface area (Å²) in [6.07, 6.45) is 2.71. The number of halogens is 1. The molecule has 0 aliphatic rings. The fourth-order valence-electron chi connectivity index (χ4n) is 1.95. The van der Waals surface area contributed by atoms with Crippen LogP contribution in [-0.4, -0.2) is 24.0 Å². The molecular weight excluding hydrogens is 387 g/mol. The maximum absolute atomic E-state index is 4.59. The molecule has 0 amide bonds. The molecule has 0 bridgehead atoms. The molecule has 0 aliphatic heterocycles. The highest BCUT2D eigenvalue weighted by atomic mass is 127. The van der Waals surface area contributed by atoms with Gasteiger partial charge in [-0.2, -0.15) is 0 Å². The van der Waals surface area contributed by atoms with E-state index in [0.717, 1.165) is 31.2 Å². The molecule has 0 radical (unpaired) electrons. The predicted octanol–water partition coefficient (Wildman–Crippen LogP) is 3.00. The summed E-state index contributed by atoms with van der Waals surface area (Å²) in [6, 6.07) is 16.2. The van der Waals surface area contributed by atoms with E-state index in [1.807, 2.05) is 42.6 Å². The summed E-state index contributed by atoms with van der Waals surface area (Å²) >= 11 is 0. The molecular formula is C17H23IN4. The number of guanidine groups is 1. The lowest BCUT2D eigenvalue weighted by atomic mass is 10.2. The number of rotatable bonds is 6. The molecule has 4 nitrogen and oxygen atoms in total. The Morgan fingerprint density at radius 2 is 1.82 bits per heavy atom. The molecule has 1 aromatic heterocycles. The molecule has 2 aromatic rings. The Hall–Kier alpha value is -1.63. The van der Waals surface area contributed by atoms with Crippen LogP contribution in [0, 0.1) is 0 Å². The second kappa shape index (κ2) is 11.0. The van der Waals surface area contributed by atoms with Gasteiger partial charge in [0.05, 0.1) is 6.54 Å². The van der Waals surface area contributed by atoms with E-state index in [1.54, 1.807) is 0 Å². The number of nitrogens with one attached hydrogen (secondary N) is 2. The zero-order chi connectivity index (χ0) is 14.8. The average Bonchev–Trinajstić information content (AvgIpc) is 2.54. The molecule has 0 saturated carbocycles. The first kappa shape index (κ1) is 18.4. The van der Waals surface area contributed by atoms with Crippen molar-refractivity contribution in [2.75, 3.05) is 13.1 Å². The minimum absolute atomic E-state index is 0. The zero-order valence-electron chi connectivity index (χ0n) is 12.8. The average molecular weight is 410 g/mol. The maximum atomic E-state index is 4.59. The Morgan fingerprint density at radius 1 is 1.05 bits per heavy atom. The van der Waals surface area contributed by atoms with Gasteiger partial charge in [-0.15, -0.1) is 24.0 Å². The van der Waals surface area contributed by atoms with E-state index in [0.29, 0.717) is 6.54 Å². The van der Waals surface area contributed by atoms with Crippen LogP contribution in [0.15, 0.2) is 59.7 Å². The van der Waals surface area contributed by atoms with Gasteiger partial charge in [-0.1, -0.05) is 36.4 Å². The third-order valence-corrected chi connectivity index (χ3v) is 3.01. The van der Waals surface area contributed by atoms with Crippen molar-refractivity contribution >= 4 is 29.9 Å². The first-order valence-electron chi connectivity index (χ1n) is 7.34. The monoisotopic (exact) mass is 410 g/mol. The molecule has 1 aromatic carbocycles. The van der Waals surface area contributed by atoms with Gasteiger partial charge in [0.15, 0.2) is 5.96 Å². The van der Waals surface area contributed by atoms with Crippen LogP contribution in [0.4, 0.5) is 0 Å². The topological polar surface area (TPSA) is 49.3 Å². The van der Waals surface area contributed by atoms with Gasteiger partial charge in [0, 0.05) is 31.4 Å². The molecule has 0 unspecified atom stereocenters. The molecule has 2 rings (SSSR count). The zero-order valence-corrected chi connectivity index (χ0v) is 15.2. The number of nitrogens with zero attached hydrogens (tertiary/aromatic N) is 2. The fraction of sp³-hybridized carbons (Fsp3) is 0.294. The van der Waals surface area contributed by atoms with E-state index in [2.05, 4.69) is 39.7 Å². The third kappa shape index (κ3) is 6.89. The molecule has 118 valence electrons. The van der Waals surface area contributed by atoms with Crippen molar-refractivity contribution in [1.82, 2.24) is 15.6 Å². The Kier molecular flexibility index (Phi) is 9.21. The summed E-state index contributed by atoms with van der Waals surface area (Å²) in [4.78, 5) is 8.90. The van der Waals surface area contributed by atoms with Crippen LogP contribution in [0.3, 0.4) is 0 Å². The molecule has 0 atom stereocenters. The van der Waals surface area contributed by atoms with Gasteiger partial charge in [-0.05, 0) is 24.6 Å². The van der Waals surface area contributed by atoms with Crippen molar-refractivity contribution in [3.8, 4) is 0 Å². The van der Waals surface area contributed by atoms with Gasteiger partial charge in [-0.3, -0.25) is 4.98 Å². The van der Waals surface area contributed by atoms with Crippen molar-refractivity contribution in [2.45, 2.75) is 19.9 Å². The summed E-state index contributed by atoms with van der Waals surface area (Å²) < 4.78 is 0. The van der Waals surface area contributed by atoms with Gasteiger partial charge in [0.1, 0.15) is 0 Å². The van der Waals surface area contributed by atoms with Gasteiger partial charge in [0.25, 0.3) is 0 Å². The van der Waals surface area contributed by atoms with Crippen LogP contribution in [0.25, 0.3) is 0 Å². The van der Waals surface area contributed by atoms with Gasteiger partial charge < -0.3 is 10.6 Å². The van der Waals surface area contributed by atoms with Crippen molar-refractivity contribution in [3.05, 3.63) is 66.0 Å².